The minimum atomic E-state index is -3.70. The van der Waals surface area contributed by atoms with Gasteiger partial charge in [-0.1, -0.05) is 55.1 Å². The molecule has 0 saturated heterocycles. The van der Waals surface area contributed by atoms with E-state index in [0.29, 0.717) is 11.0 Å². The number of thioether (sulfide) groups is 1. The van der Waals surface area contributed by atoms with Crippen LogP contribution in [0, 0.1) is 0 Å². The maximum absolute atomic E-state index is 13.2. The molecule has 0 aliphatic heterocycles. The van der Waals surface area contributed by atoms with Crippen LogP contribution in [0.1, 0.15) is 6.92 Å². The summed E-state index contributed by atoms with van der Waals surface area (Å²) in [5.41, 5.74) is 1.25. The third-order valence-electron chi connectivity index (χ3n) is 3.91. The van der Waals surface area contributed by atoms with Gasteiger partial charge in [-0.2, -0.15) is 0 Å². The second kappa shape index (κ2) is 5.72. The molecular weight excluding hydrogens is 342 g/mol. The van der Waals surface area contributed by atoms with Gasteiger partial charge in [0.15, 0.2) is 5.09 Å². The van der Waals surface area contributed by atoms with Crippen molar-refractivity contribution in [3.63, 3.8) is 0 Å². The van der Waals surface area contributed by atoms with Gasteiger partial charge in [0.05, 0.1) is 15.8 Å². The zero-order chi connectivity index (χ0) is 16.7. The topological polar surface area (TPSA) is 52.2 Å². The SMILES string of the molecule is CCSc1occ2c1c1ccccc1n2S(=O)(=O)c1ccccc1. The Morgan fingerprint density at radius 1 is 1.00 bits per heavy atom. The Balaban J connectivity index is 2.12. The van der Waals surface area contributed by atoms with E-state index in [-0.39, 0.29) is 4.90 Å². The number of hydrogen-bond acceptors (Lipinski definition) is 4. The fourth-order valence-electron chi connectivity index (χ4n) is 2.92. The maximum Gasteiger partial charge on any atom is 0.268 e. The predicted octanol–water partition coefficient (Wildman–Crippen LogP) is 4.74. The molecule has 0 amide bonds. The molecule has 0 atom stereocenters. The van der Waals surface area contributed by atoms with Crippen molar-refractivity contribution in [2.75, 3.05) is 5.75 Å². The number of benzene rings is 2. The van der Waals surface area contributed by atoms with Gasteiger partial charge in [0.1, 0.15) is 11.8 Å². The van der Waals surface area contributed by atoms with Crippen molar-refractivity contribution in [2.24, 2.45) is 0 Å². The highest BCUT2D eigenvalue weighted by Crippen LogP contribution is 2.39. The molecule has 122 valence electrons. The van der Waals surface area contributed by atoms with Crippen molar-refractivity contribution in [1.29, 1.82) is 0 Å². The molecule has 0 unspecified atom stereocenters. The molecule has 0 bridgehead atoms. The summed E-state index contributed by atoms with van der Waals surface area (Å²) < 4.78 is 33.4. The average Bonchev–Trinajstić information content (AvgIpc) is 3.14. The molecule has 2 heterocycles. The van der Waals surface area contributed by atoms with E-state index < -0.39 is 10.0 Å². The van der Waals surface area contributed by atoms with Crippen LogP contribution in [0.5, 0.6) is 0 Å². The summed E-state index contributed by atoms with van der Waals surface area (Å²) in [6, 6.07) is 16.0. The molecule has 0 aliphatic carbocycles. The zero-order valence-corrected chi connectivity index (χ0v) is 14.6. The number of para-hydroxylation sites is 1. The largest absolute Gasteiger partial charge is 0.455 e. The molecular formula is C18H15NO3S2. The van der Waals surface area contributed by atoms with Crippen LogP contribution < -0.4 is 0 Å². The highest BCUT2D eigenvalue weighted by atomic mass is 32.2. The molecule has 0 radical (unpaired) electrons. The second-order valence-electron chi connectivity index (χ2n) is 5.32. The normalized spacial score (nSPS) is 12.2. The quantitative estimate of drug-likeness (QED) is 0.495. The lowest BCUT2D eigenvalue weighted by molar-refractivity contribution is 0.481. The van der Waals surface area contributed by atoms with E-state index in [1.54, 1.807) is 42.1 Å². The highest BCUT2D eigenvalue weighted by Gasteiger charge is 2.26. The number of aromatic nitrogens is 1. The third kappa shape index (κ3) is 2.17. The summed E-state index contributed by atoms with van der Waals surface area (Å²) in [7, 11) is -3.70. The van der Waals surface area contributed by atoms with Gasteiger partial charge in [-0.05, 0) is 24.0 Å². The first-order valence-electron chi connectivity index (χ1n) is 7.58. The third-order valence-corrected chi connectivity index (χ3v) is 6.50. The van der Waals surface area contributed by atoms with Crippen LogP contribution in [0.3, 0.4) is 0 Å². The van der Waals surface area contributed by atoms with E-state index in [2.05, 4.69) is 0 Å². The van der Waals surface area contributed by atoms with Gasteiger partial charge >= 0.3 is 0 Å². The van der Waals surface area contributed by atoms with E-state index in [0.717, 1.165) is 21.6 Å². The Hall–Kier alpha value is -2.18. The van der Waals surface area contributed by atoms with Gasteiger partial charge in [-0.25, -0.2) is 12.4 Å². The number of fused-ring (bicyclic) bond motifs is 3. The van der Waals surface area contributed by atoms with Crippen LogP contribution in [0.4, 0.5) is 0 Å². The Bertz CT molecular complexity index is 1130. The van der Waals surface area contributed by atoms with Crippen molar-refractivity contribution in [2.45, 2.75) is 16.9 Å². The molecule has 4 nitrogen and oxygen atoms in total. The van der Waals surface area contributed by atoms with Crippen LogP contribution >= 0.6 is 11.8 Å². The number of hydrogen-bond donors (Lipinski definition) is 0. The maximum atomic E-state index is 13.2. The minimum Gasteiger partial charge on any atom is -0.455 e. The summed E-state index contributed by atoms with van der Waals surface area (Å²) in [5, 5.41) is 2.50. The molecule has 6 heteroatoms. The van der Waals surface area contributed by atoms with Crippen molar-refractivity contribution < 1.29 is 12.8 Å². The highest BCUT2D eigenvalue weighted by molar-refractivity contribution is 7.99. The molecule has 2 aromatic heterocycles. The molecule has 0 aliphatic rings. The van der Waals surface area contributed by atoms with E-state index in [4.69, 9.17) is 4.42 Å². The van der Waals surface area contributed by atoms with E-state index in [9.17, 15) is 8.42 Å². The second-order valence-corrected chi connectivity index (χ2v) is 8.34. The molecule has 2 aromatic carbocycles. The van der Waals surface area contributed by atoms with E-state index in [1.807, 2.05) is 31.2 Å². The lowest BCUT2D eigenvalue weighted by Crippen LogP contribution is -2.12. The van der Waals surface area contributed by atoms with Gasteiger partial charge in [0.25, 0.3) is 10.0 Å². The number of furan rings is 1. The lowest BCUT2D eigenvalue weighted by atomic mass is 10.2. The van der Waals surface area contributed by atoms with Gasteiger partial charge < -0.3 is 4.42 Å². The summed E-state index contributed by atoms with van der Waals surface area (Å²) in [4.78, 5) is 0.263. The standard InChI is InChI=1S/C18H15NO3S2/c1-2-23-18-17-14-10-6-7-11-15(14)19(16(17)12-22-18)24(20,21)13-8-4-3-5-9-13/h3-12H,2H2,1H3. The number of nitrogens with zero attached hydrogens (tertiary/aromatic N) is 1. The van der Waals surface area contributed by atoms with Gasteiger partial charge in [-0.3, -0.25) is 0 Å². The zero-order valence-electron chi connectivity index (χ0n) is 13.0. The molecule has 0 fully saturated rings. The van der Waals surface area contributed by atoms with Crippen molar-refractivity contribution in [3.05, 3.63) is 60.9 Å². The monoisotopic (exact) mass is 357 g/mol. The minimum absolute atomic E-state index is 0.263. The van der Waals surface area contributed by atoms with Crippen LogP contribution in [-0.4, -0.2) is 18.1 Å². The fraction of sp³-hybridized carbons (Fsp3) is 0.111. The van der Waals surface area contributed by atoms with Crippen molar-refractivity contribution in [3.8, 4) is 0 Å². The summed E-state index contributed by atoms with van der Waals surface area (Å²) in [6.07, 6.45) is 1.54. The average molecular weight is 357 g/mol. The fourth-order valence-corrected chi connectivity index (χ4v) is 5.18. The van der Waals surface area contributed by atoms with Gasteiger partial charge in [-0.15, -0.1) is 0 Å². The summed E-state index contributed by atoms with van der Waals surface area (Å²) in [5.74, 6) is 0.855. The first-order chi connectivity index (χ1) is 11.6. The van der Waals surface area contributed by atoms with Crippen LogP contribution in [-0.2, 0) is 10.0 Å². The molecule has 0 spiro atoms. The number of rotatable bonds is 4. The summed E-state index contributed by atoms with van der Waals surface area (Å²) in [6.45, 7) is 2.04. The first-order valence-corrected chi connectivity index (χ1v) is 10.0. The Labute approximate surface area is 144 Å². The Morgan fingerprint density at radius 3 is 2.46 bits per heavy atom. The van der Waals surface area contributed by atoms with Crippen LogP contribution in [0.25, 0.3) is 21.8 Å². The first kappa shape index (κ1) is 15.4. The molecule has 0 N–H and O–H groups in total. The lowest BCUT2D eigenvalue weighted by Gasteiger charge is -2.08. The molecule has 24 heavy (non-hydrogen) atoms. The van der Waals surface area contributed by atoms with Gasteiger partial charge in [0, 0.05) is 5.39 Å². The van der Waals surface area contributed by atoms with Crippen LogP contribution in [0.2, 0.25) is 0 Å². The van der Waals surface area contributed by atoms with Crippen molar-refractivity contribution in [1.82, 2.24) is 3.97 Å². The van der Waals surface area contributed by atoms with Gasteiger partial charge in [0.2, 0.25) is 0 Å². The summed E-state index contributed by atoms with van der Waals surface area (Å²) >= 11 is 1.57. The van der Waals surface area contributed by atoms with Crippen LogP contribution in [0.15, 0.2) is 75.3 Å². The molecule has 4 aromatic rings. The molecule has 4 rings (SSSR count). The smallest absolute Gasteiger partial charge is 0.268 e. The van der Waals surface area contributed by atoms with E-state index in [1.165, 1.54) is 10.2 Å². The predicted molar refractivity (Wildman–Crippen MR) is 97.1 cm³/mol. The Morgan fingerprint density at radius 2 is 1.71 bits per heavy atom. The van der Waals surface area contributed by atoms with E-state index >= 15 is 0 Å². The van der Waals surface area contributed by atoms with Crippen molar-refractivity contribution >= 4 is 43.6 Å². The Kier molecular flexibility index (Phi) is 3.66. The molecule has 0 saturated carbocycles.